The van der Waals surface area contributed by atoms with Gasteiger partial charge in [-0.1, -0.05) is 24.3 Å². The Kier molecular flexibility index (Phi) is 4.27. The normalized spacial score (nSPS) is 13.2. The minimum atomic E-state index is -0.293. The monoisotopic (exact) mass is 336 g/mol. The summed E-state index contributed by atoms with van der Waals surface area (Å²) in [5, 5.41) is 5.92. The van der Waals surface area contributed by atoms with Gasteiger partial charge in [-0.3, -0.25) is 19.7 Å². The van der Waals surface area contributed by atoms with Gasteiger partial charge in [0.05, 0.1) is 6.67 Å². The Hall–Kier alpha value is -2.79. The molecule has 0 radical (unpaired) electrons. The predicted molar refractivity (Wildman–Crippen MR) is 95.0 cm³/mol. The molecule has 0 spiro atoms. The predicted octanol–water partition coefficient (Wildman–Crippen LogP) is 2.54. The van der Waals surface area contributed by atoms with E-state index in [0.717, 1.165) is 0 Å². The van der Waals surface area contributed by atoms with Gasteiger partial charge in [0.2, 0.25) is 0 Å². The van der Waals surface area contributed by atoms with E-state index in [2.05, 4.69) is 10.6 Å². The molecule has 0 saturated heterocycles. The number of rotatable bonds is 3. The molecule has 25 heavy (non-hydrogen) atoms. The molecular formula is C20H20N2O3. The van der Waals surface area contributed by atoms with Gasteiger partial charge in [-0.05, 0) is 39.0 Å². The highest BCUT2D eigenvalue weighted by Gasteiger charge is 2.29. The number of hydrogen-bond donors (Lipinski definition) is 2. The molecule has 0 aliphatic heterocycles. The van der Waals surface area contributed by atoms with Gasteiger partial charge in [0.1, 0.15) is 0 Å². The molecule has 0 bridgehead atoms. The van der Waals surface area contributed by atoms with Crippen molar-refractivity contribution in [3.8, 4) is 0 Å². The summed E-state index contributed by atoms with van der Waals surface area (Å²) in [6, 6.07) is 11.4. The van der Waals surface area contributed by atoms with Crippen molar-refractivity contribution in [3.63, 3.8) is 0 Å². The highest BCUT2D eigenvalue weighted by atomic mass is 16.2. The third kappa shape index (κ3) is 3.37. The van der Waals surface area contributed by atoms with Gasteiger partial charge in [-0.15, -0.1) is 0 Å². The molecule has 5 heteroatoms. The summed E-state index contributed by atoms with van der Waals surface area (Å²) >= 11 is 0. The van der Waals surface area contributed by atoms with Gasteiger partial charge < -0.3 is 5.32 Å². The van der Waals surface area contributed by atoms with E-state index in [4.69, 9.17) is 0 Å². The van der Waals surface area contributed by atoms with E-state index in [-0.39, 0.29) is 28.6 Å². The van der Waals surface area contributed by atoms with Gasteiger partial charge in [0, 0.05) is 33.4 Å². The Morgan fingerprint density at radius 2 is 1.44 bits per heavy atom. The molecule has 1 aliphatic carbocycles. The minimum Gasteiger partial charge on any atom is -0.339 e. The number of carbonyl (C=O) groups excluding carboxylic acids is 3. The van der Waals surface area contributed by atoms with Crippen LogP contribution in [0.25, 0.3) is 0 Å². The number of amides is 1. The first-order chi connectivity index (χ1) is 11.8. The quantitative estimate of drug-likeness (QED) is 0.721. The molecule has 1 aliphatic rings. The highest BCUT2D eigenvalue weighted by Crippen LogP contribution is 2.27. The average Bonchev–Trinajstić information content (AvgIpc) is 2.58. The third-order valence-corrected chi connectivity index (χ3v) is 4.05. The van der Waals surface area contributed by atoms with Crippen molar-refractivity contribution in [2.45, 2.75) is 26.3 Å². The number of nitrogens with one attached hydrogen (secondary N) is 2. The van der Waals surface area contributed by atoms with Crippen LogP contribution in [0.5, 0.6) is 0 Å². The number of benzene rings is 2. The Morgan fingerprint density at radius 1 is 0.880 bits per heavy atom. The molecule has 2 aromatic carbocycles. The van der Waals surface area contributed by atoms with Crippen LogP contribution in [0.1, 0.15) is 63.0 Å². The fourth-order valence-electron chi connectivity index (χ4n) is 2.73. The van der Waals surface area contributed by atoms with Crippen LogP contribution < -0.4 is 10.6 Å². The van der Waals surface area contributed by atoms with Crippen molar-refractivity contribution in [2.24, 2.45) is 0 Å². The number of hydrogen-bond acceptors (Lipinski definition) is 4. The molecule has 1 amide bonds. The van der Waals surface area contributed by atoms with Gasteiger partial charge >= 0.3 is 0 Å². The Bertz CT molecular complexity index is 879. The summed E-state index contributed by atoms with van der Waals surface area (Å²) in [6.45, 7) is 6.31. The van der Waals surface area contributed by atoms with Crippen LogP contribution >= 0.6 is 0 Å². The topological polar surface area (TPSA) is 75.3 Å². The first-order valence-electron chi connectivity index (χ1n) is 8.13. The molecule has 0 atom stereocenters. The van der Waals surface area contributed by atoms with Crippen LogP contribution in [0, 0.1) is 0 Å². The molecule has 0 saturated carbocycles. The lowest BCUT2D eigenvalue weighted by Crippen LogP contribution is -2.43. The number of carbonyl (C=O) groups is 3. The van der Waals surface area contributed by atoms with Crippen molar-refractivity contribution in [3.05, 3.63) is 70.3 Å². The molecule has 5 nitrogen and oxygen atoms in total. The maximum Gasteiger partial charge on any atom is 0.252 e. The van der Waals surface area contributed by atoms with E-state index in [1.807, 2.05) is 20.8 Å². The first kappa shape index (κ1) is 17.0. The standard InChI is InChI=1S/C20H20N2O3/c1-20(2,3)22-11-21-19(25)12-8-9-15-16(10-12)18(24)14-7-5-4-6-13(14)17(15)23/h4-10,22H,11H2,1-3H3,(H,21,25). The second kappa shape index (κ2) is 6.26. The summed E-state index contributed by atoms with van der Waals surface area (Å²) < 4.78 is 0. The van der Waals surface area contributed by atoms with Gasteiger partial charge in [-0.2, -0.15) is 0 Å². The largest absolute Gasteiger partial charge is 0.339 e. The molecule has 0 aromatic heterocycles. The van der Waals surface area contributed by atoms with Gasteiger partial charge in [0.15, 0.2) is 11.6 Å². The van der Waals surface area contributed by atoms with E-state index in [1.165, 1.54) is 6.07 Å². The zero-order chi connectivity index (χ0) is 18.2. The Labute approximate surface area is 146 Å². The van der Waals surface area contributed by atoms with Crippen LogP contribution in [-0.4, -0.2) is 29.7 Å². The van der Waals surface area contributed by atoms with Crippen LogP contribution in [0.3, 0.4) is 0 Å². The van der Waals surface area contributed by atoms with Crippen molar-refractivity contribution in [1.82, 2.24) is 10.6 Å². The average molecular weight is 336 g/mol. The lowest BCUT2D eigenvalue weighted by molar-refractivity contribution is 0.0945. The highest BCUT2D eigenvalue weighted by molar-refractivity contribution is 6.28. The SMILES string of the molecule is CC(C)(C)NCNC(=O)c1ccc2c(c1)C(=O)c1ccccc1C2=O. The van der Waals surface area contributed by atoms with E-state index < -0.39 is 0 Å². The van der Waals surface area contributed by atoms with E-state index in [1.54, 1.807) is 36.4 Å². The summed E-state index contributed by atoms with van der Waals surface area (Å²) in [4.78, 5) is 37.5. The fourth-order valence-corrected chi connectivity index (χ4v) is 2.73. The maximum absolute atomic E-state index is 12.7. The molecule has 0 fully saturated rings. The van der Waals surface area contributed by atoms with Gasteiger partial charge in [0.25, 0.3) is 5.91 Å². The number of ketones is 2. The van der Waals surface area contributed by atoms with Crippen LogP contribution in [-0.2, 0) is 0 Å². The molecule has 3 rings (SSSR count). The van der Waals surface area contributed by atoms with E-state index >= 15 is 0 Å². The zero-order valence-electron chi connectivity index (χ0n) is 14.5. The molecule has 0 heterocycles. The Balaban J connectivity index is 1.86. The summed E-state index contributed by atoms with van der Waals surface area (Å²) in [6.07, 6.45) is 0. The molecular weight excluding hydrogens is 316 g/mol. The second-order valence-corrected chi connectivity index (χ2v) is 7.07. The number of fused-ring (bicyclic) bond motifs is 2. The van der Waals surface area contributed by atoms with E-state index in [9.17, 15) is 14.4 Å². The second-order valence-electron chi connectivity index (χ2n) is 7.07. The van der Waals surface area contributed by atoms with Crippen LogP contribution in [0.4, 0.5) is 0 Å². The molecule has 0 unspecified atom stereocenters. The summed E-state index contributed by atoms with van der Waals surface area (Å²) in [5.74, 6) is -0.710. The summed E-state index contributed by atoms with van der Waals surface area (Å²) in [5.41, 5.74) is 1.65. The summed E-state index contributed by atoms with van der Waals surface area (Å²) in [7, 11) is 0. The first-order valence-corrected chi connectivity index (χ1v) is 8.13. The Morgan fingerprint density at radius 3 is 2.04 bits per heavy atom. The maximum atomic E-state index is 12.7. The van der Waals surface area contributed by atoms with Crippen molar-refractivity contribution in [1.29, 1.82) is 0 Å². The van der Waals surface area contributed by atoms with Crippen LogP contribution in [0.2, 0.25) is 0 Å². The fraction of sp³-hybridized carbons (Fsp3) is 0.250. The minimum absolute atomic E-state index is 0.116. The van der Waals surface area contributed by atoms with Crippen molar-refractivity contribution >= 4 is 17.5 Å². The lowest BCUT2D eigenvalue weighted by Gasteiger charge is -2.21. The zero-order valence-corrected chi connectivity index (χ0v) is 14.5. The van der Waals surface area contributed by atoms with E-state index in [0.29, 0.717) is 28.9 Å². The molecule has 2 N–H and O–H groups in total. The smallest absolute Gasteiger partial charge is 0.252 e. The molecule has 128 valence electrons. The van der Waals surface area contributed by atoms with Gasteiger partial charge in [-0.25, -0.2) is 0 Å². The lowest BCUT2D eigenvalue weighted by atomic mass is 9.83. The molecule has 2 aromatic rings. The van der Waals surface area contributed by atoms with Crippen molar-refractivity contribution < 1.29 is 14.4 Å². The third-order valence-electron chi connectivity index (χ3n) is 4.05. The van der Waals surface area contributed by atoms with Crippen LogP contribution in [0.15, 0.2) is 42.5 Å². The van der Waals surface area contributed by atoms with Crippen molar-refractivity contribution in [2.75, 3.05) is 6.67 Å².